The van der Waals surface area contributed by atoms with Gasteiger partial charge >= 0.3 is 5.37 Å². The Morgan fingerprint density at radius 3 is 2.35 bits per heavy atom. The number of carbonyl (C=O) groups is 1. The van der Waals surface area contributed by atoms with E-state index in [1.807, 2.05) is 6.07 Å². The summed E-state index contributed by atoms with van der Waals surface area (Å²) in [5, 5.41) is -0.326. The molecule has 0 spiro atoms. The number of hydrogen-bond acceptors (Lipinski definition) is 2. The molecular formula is C13H17ClN2O. The number of halogens is 1. The van der Waals surface area contributed by atoms with Crippen molar-refractivity contribution in [2.45, 2.75) is 6.42 Å². The zero-order valence-corrected chi connectivity index (χ0v) is 10.6. The molecule has 1 saturated heterocycles. The molecule has 0 saturated carbocycles. The summed E-state index contributed by atoms with van der Waals surface area (Å²) in [4.78, 5) is 15.0. The lowest BCUT2D eigenvalue weighted by molar-refractivity contribution is 0.154. The van der Waals surface area contributed by atoms with Crippen LogP contribution in [0, 0.1) is 0 Å². The van der Waals surface area contributed by atoms with Crippen LogP contribution in [0.3, 0.4) is 0 Å². The maximum atomic E-state index is 11.0. The predicted molar refractivity (Wildman–Crippen MR) is 69.4 cm³/mol. The summed E-state index contributed by atoms with van der Waals surface area (Å²) in [5.41, 5.74) is 1.36. The van der Waals surface area contributed by atoms with Crippen LogP contribution in [0.2, 0.25) is 0 Å². The molecule has 0 bridgehead atoms. The number of amides is 1. The fraction of sp³-hybridized carbons (Fsp3) is 0.462. The van der Waals surface area contributed by atoms with E-state index in [1.54, 1.807) is 4.90 Å². The summed E-state index contributed by atoms with van der Waals surface area (Å²) in [6, 6.07) is 10.5. The number of nitrogens with zero attached hydrogens (tertiary/aromatic N) is 2. The van der Waals surface area contributed by atoms with Gasteiger partial charge in [-0.25, -0.2) is 0 Å². The number of hydrogen-bond donors (Lipinski definition) is 0. The van der Waals surface area contributed by atoms with E-state index < -0.39 is 0 Å². The molecule has 1 heterocycles. The fourth-order valence-corrected chi connectivity index (χ4v) is 2.25. The molecule has 0 atom stereocenters. The third-order valence-electron chi connectivity index (χ3n) is 3.18. The fourth-order valence-electron chi connectivity index (χ4n) is 2.08. The summed E-state index contributed by atoms with van der Waals surface area (Å²) in [6.07, 6.45) is 1.07. The molecule has 0 unspecified atom stereocenters. The predicted octanol–water partition coefficient (Wildman–Crippen LogP) is 2.21. The third-order valence-corrected chi connectivity index (χ3v) is 3.42. The molecule has 1 aliphatic rings. The Bertz CT molecular complexity index is 361. The minimum atomic E-state index is -0.326. The van der Waals surface area contributed by atoms with E-state index in [4.69, 9.17) is 11.6 Å². The smallest absolute Gasteiger partial charge is 0.316 e. The highest BCUT2D eigenvalue weighted by Crippen LogP contribution is 2.07. The zero-order chi connectivity index (χ0) is 12.1. The number of rotatable bonds is 3. The molecule has 1 aliphatic heterocycles. The van der Waals surface area contributed by atoms with Crippen LogP contribution in [-0.2, 0) is 6.42 Å². The highest BCUT2D eigenvalue weighted by Gasteiger charge is 2.18. The molecule has 0 aliphatic carbocycles. The summed E-state index contributed by atoms with van der Waals surface area (Å²) in [6.45, 7) is 4.39. The van der Waals surface area contributed by atoms with Crippen molar-refractivity contribution in [2.24, 2.45) is 0 Å². The third kappa shape index (κ3) is 3.72. The molecule has 0 radical (unpaired) electrons. The molecule has 2 rings (SSSR count). The van der Waals surface area contributed by atoms with E-state index >= 15 is 0 Å². The molecule has 17 heavy (non-hydrogen) atoms. The Hall–Kier alpha value is -1.06. The normalized spacial score (nSPS) is 17.1. The van der Waals surface area contributed by atoms with E-state index in [2.05, 4.69) is 29.2 Å². The first kappa shape index (κ1) is 12.4. The van der Waals surface area contributed by atoms with Gasteiger partial charge in [0.25, 0.3) is 0 Å². The highest BCUT2D eigenvalue weighted by molar-refractivity contribution is 6.62. The van der Waals surface area contributed by atoms with Gasteiger partial charge in [0.15, 0.2) is 0 Å². The van der Waals surface area contributed by atoms with Crippen LogP contribution in [-0.4, -0.2) is 47.9 Å². The van der Waals surface area contributed by atoms with Gasteiger partial charge in [-0.2, -0.15) is 0 Å². The Morgan fingerprint density at radius 1 is 1.12 bits per heavy atom. The lowest BCUT2D eigenvalue weighted by atomic mass is 10.1. The molecule has 3 nitrogen and oxygen atoms in total. The van der Waals surface area contributed by atoms with Crippen LogP contribution in [0.4, 0.5) is 4.79 Å². The van der Waals surface area contributed by atoms with Crippen molar-refractivity contribution in [3.63, 3.8) is 0 Å². The maximum Gasteiger partial charge on any atom is 0.316 e. The van der Waals surface area contributed by atoms with Crippen molar-refractivity contribution in [2.75, 3.05) is 32.7 Å². The van der Waals surface area contributed by atoms with Crippen molar-refractivity contribution in [1.29, 1.82) is 0 Å². The van der Waals surface area contributed by atoms with Crippen LogP contribution in [0.1, 0.15) is 5.56 Å². The van der Waals surface area contributed by atoms with E-state index in [-0.39, 0.29) is 5.37 Å². The summed E-state index contributed by atoms with van der Waals surface area (Å²) >= 11 is 5.45. The molecule has 0 aromatic heterocycles. The monoisotopic (exact) mass is 252 g/mol. The van der Waals surface area contributed by atoms with Gasteiger partial charge in [0.2, 0.25) is 0 Å². The first-order valence-electron chi connectivity index (χ1n) is 5.96. The summed E-state index contributed by atoms with van der Waals surface area (Å²) in [5.74, 6) is 0. The van der Waals surface area contributed by atoms with E-state index in [0.29, 0.717) is 0 Å². The second kappa shape index (κ2) is 6.03. The molecule has 92 valence electrons. The lowest BCUT2D eigenvalue weighted by Gasteiger charge is -2.33. The minimum Gasteiger partial charge on any atom is -0.327 e. The van der Waals surface area contributed by atoms with Gasteiger partial charge in [-0.15, -0.1) is 0 Å². The highest BCUT2D eigenvalue weighted by atomic mass is 35.5. The van der Waals surface area contributed by atoms with Gasteiger partial charge in [0.05, 0.1) is 0 Å². The molecule has 0 N–H and O–H groups in total. The topological polar surface area (TPSA) is 23.6 Å². The average Bonchev–Trinajstić information content (AvgIpc) is 2.38. The van der Waals surface area contributed by atoms with E-state index in [1.165, 1.54) is 5.56 Å². The Labute approximate surface area is 107 Å². The lowest BCUT2D eigenvalue weighted by Crippen LogP contribution is -2.47. The first-order valence-corrected chi connectivity index (χ1v) is 6.34. The van der Waals surface area contributed by atoms with Crippen LogP contribution in [0.5, 0.6) is 0 Å². The van der Waals surface area contributed by atoms with Crippen molar-refractivity contribution < 1.29 is 4.79 Å². The maximum absolute atomic E-state index is 11.0. The van der Waals surface area contributed by atoms with Crippen molar-refractivity contribution >= 4 is 17.0 Å². The van der Waals surface area contributed by atoms with E-state index in [9.17, 15) is 4.79 Å². The van der Waals surface area contributed by atoms with Crippen LogP contribution >= 0.6 is 11.6 Å². The number of piperazine rings is 1. The SMILES string of the molecule is O=C(Cl)N1CCN(CCc2ccccc2)CC1. The number of benzene rings is 1. The van der Waals surface area contributed by atoms with Crippen molar-refractivity contribution in [1.82, 2.24) is 9.80 Å². The molecule has 1 amide bonds. The average molecular weight is 253 g/mol. The molecule has 4 heteroatoms. The Kier molecular flexibility index (Phi) is 4.40. The first-order chi connectivity index (χ1) is 8.25. The zero-order valence-electron chi connectivity index (χ0n) is 9.81. The van der Waals surface area contributed by atoms with Gasteiger partial charge < -0.3 is 4.90 Å². The van der Waals surface area contributed by atoms with Crippen molar-refractivity contribution in [3.05, 3.63) is 35.9 Å². The van der Waals surface area contributed by atoms with Gasteiger partial charge in [-0.1, -0.05) is 30.3 Å². The molecule has 1 fully saturated rings. The Balaban J connectivity index is 1.74. The van der Waals surface area contributed by atoms with Crippen LogP contribution < -0.4 is 0 Å². The van der Waals surface area contributed by atoms with E-state index in [0.717, 1.165) is 39.1 Å². The molecular weight excluding hydrogens is 236 g/mol. The quantitative estimate of drug-likeness (QED) is 0.608. The van der Waals surface area contributed by atoms with Gasteiger partial charge in [0.1, 0.15) is 0 Å². The Morgan fingerprint density at radius 2 is 1.76 bits per heavy atom. The van der Waals surface area contributed by atoms with Crippen LogP contribution in [0.15, 0.2) is 30.3 Å². The minimum absolute atomic E-state index is 0.326. The second-order valence-electron chi connectivity index (χ2n) is 4.32. The largest absolute Gasteiger partial charge is 0.327 e. The summed E-state index contributed by atoms with van der Waals surface area (Å²) < 4.78 is 0. The van der Waals surface area contributed by atoms with Crippen LogP contribution in [0.25, 0.3) is 0 Å². The number of carbonyl (C=O) groups excluding carboxylic acids is 1. The van der Waals surface area contributed by atoms with Gasteiger partial charge in [-0.05, 0) is 23.6 Å². The van der Waals surface area contributed by atoms with Gasteiger partial charge in [0, 0.05) is 32.7 Å². The second-order valence-corrected chi connectivity index (χ2v) is 4.64. The van der Waals surface area contributed by atoms with Gasteiger partial charge in [-0.3, -0.25) is 9.69 Å². The standard InChI is InChI=1S/C13H17ClN2O/c14-13(17)16-10-8-15(9-11-16)7-6-12-4-2-1-3-5-12/h1-5H,6-11H2. The molecule has 1 aromatic rings. The van der Waals surface area contributed by atoms with Crippen molar-refractivity contribution in [3.8, 4) is 0 Å². The molecule has 1 aromatic carbocycles. The summed E-state index contributed by atoms with van der Waals surface area (Å²) in [7, 11) is 0.